The van der Waals surface area contributed by atoms with Gasteiger partial charge in [0.25, 0.3) is 0 Å². The number of halogens is 2. The summed E-state index contributed by atoms with van der Waals surface area (Å²) < 4.78 is 46.9. The molecule has 10 heteroatoms. The van der Waals surface area contributed by atoms with Crippen LogP contribution in [-0.4, -0.2) is 35.2 Å². The maximum absolute atomic E-state index is 12.8. The third kappa shape index (κ3) is 8.88. The Morgan fingerprint density at radius 2 is 1.89 bits per heavy atom. The van der Waals surface area contributed by atoms with Crippen LogP contribution in [0.1, 0.15) is 5.56 Å². The highest BCUT2D eigenvalue weighted by molar-refractivity contribution is 7.80. The molecule has 1 aromatic carbocycles. The van der Waals surface area contributed by atoms with E-state index in [1.807, 2.05) is 0 Å². The highest BCUT2D eigenvalue weighted by Gasteiger charge is 2.12. The molecule has 19 heavy (non-hydrogen) atoms. The average molecular weight is 299 g/mol. The number of phenolic OH excluding ortho intramolecular Hbond substituents is 1. The van der Waals surface area contributed by atoms with E-state index >= 15 is 0 Å². The van der Waals surface area contributed by atoms with Crippen LogP contribution < -0.4 is 5.73 Å². The second-order valence-corrected chi connectivity index (χ2v) is 4.17. The normalized spacial score (nSPS) is 12.2. The first-order chi connectivity index (χ1) is 8.50. The second kappa shape index (κ2) is 6.97. The van der Waals surface area contributed by atoms with Crippen molar-refractivity contribution < 1.29 is 36.3 Å². The summed E-state index contributed by atoms with van der Waals surface area (Å²) in [6.07, 6.45) is 0.0343. The fourth-order valence-electron chi connectivity index (χ4n) is 1.02. The Balaban J connectivity index is 0.000000555. The van der Waals surface area contributed by atoms with Gasteiger partial charge in [-0.25, -0.2) is 4.39 Å². The number of hydrogen-bond acceptors (Lipinski definition) is 5. The van der Waals surface area contributed by atoms with E-state index in [1.165, 1.54) is 12.1 Å². The Morgan fingerprint density at radius 1 is 1.42 bits per heavy atom. The molecule has 1 aromatic rings. The van der Waals surface area contributed by atoms with Crippen molar-refractivity contribution in [2.24, 2.45) is 5.73 Å². The first kappa shape index (κ1) is 17.2. The van der Waals surface area contributed by atoms with Crippen LogP contribution in [0.2, 0.25) is 0 Å². The largest absolute Gasteiger partial charge is 0.505 e. The van der Waals surface area contributed by atoms with E-state index in [0.29, 0.717) is 5.56 Å². The molecule has 0 fully saturated rings. The number of aromatic hydroxyl groups is 1. The molecule has 0 aromatic heterocycles. The minimum Gasteiger partial charge on any atom is -0.505 e. The summed E-state index contributed by atoms with van der Waals surface area (Å²) in [5.74, 6) is -2.38. The molecule has 7 nitrogen and oxygen atoms in total. The smallest absolute Gasteiger partial charge is 0.435 e. The molecular weight excluding hydrogens is 288 g/mol. The lowest BCUT2D eigenvalue weighted by atomic mass is 10.1. The molecule has 0 amide bonds. The number of carboxylic acid groups (broad SMARTS) is 1. The fraction of sp³-hybridized carbons (Fsp3) is 0.222. The molecule has 0 saturated heterocycles. The summed E-state index contributed by atoms with van der Waals surface area (Å²) in [5.41, 5.74) is 5.69. The Hall–Kier alpha value is -1.78. The van der Waals surface area contributed by atoms with Crippen molar-refractivity contribution in [3.05, 3.63) is 29.6 Å². The number of aliphatic carboxylic acids is 1. The van der Waals surface area contributed by atoms with Gasteiger partial charge in [-0.1, -0.05) is 9.95 Å². The molecule has 0 aliphatic heterocycles. The standard InChI is InChI=1S/C9H10FNO3.FHO3S/c10-6-3-5(1-2-8(6)12)4-7(11)9(13)14;1-5(2,3)4/h1-3,7,12H,4,11H2,(H,13,14);(H,2,3,4). The first-order valence-electron chi connectivity index (χ1n) is 4.63. The molecule has 0 heterocycles. The lowest BCUT2D eigenvalue weighted by Crippen LogP contribution is -2.32. The summed E-state index contributed by atoms with van der Waals surface area (Å²) in [6, 6.07) is 2.61. The summed E-state index contributed by atoms with van der Waals surface area (Å²) in [4.78, 5) is 10.4. The summed E-state index contributed by atoms with van der Waals surface area (Å²) >= 11 is 0. The third-order valence-corrected chi connectivity index (χ3v) is 1.78. The Morgan fingerprint density at radius 3 is 2.26 bits per heavy atom. The van der Waals surface area contributed by atoms with Gasteiger partial charge in [0.2, 0.25) is 0 Å². The van der Waals surface area contributed by atoms with E-state index in [9.17, 15) is 13.1 Å². The molecule has 1 rings (SSSR count). The van der Waals surface area contributed by atoms with Crippen molar-refractivity contribution in [3.63, 3.8) is 0 Å². The zero-order valence-electron chi connectivity index (χ0n) is 9.32. The zero-order valence-corrected chi connectivity index (χ0v) is 10.1. The van der Waals surface area contributed by atoms with E-state index in [1.54, 1.807) is 0 Å². The molecule has 0 aliphatic carbocycles. The summed E-state index contributed by atoms with van der Waals surface area (Å²) in [6.45, 7) is 0. The van der Waals surface area contributed by atoms with E-state index < -0.39 is 34.1 Å². The maximum atomic E-state index is 12.8. The summed E-state index contributed by atoms with van der Waals surface area (Å²) in [7, 11) is -5.17. The number of carbonyl (C=O) groups is 1. The minimum absolute atomic E-state index is 0.0343. The van der Waals surface area contributed by atoms with Crippen molar-refractivity contribution in [3.8, 4) is 5.75 Å². The highest BCUT2D eigenvalue weighted by Crippen LogP contribution is 2.16. The molecule has 0 bridgehead atoms. The van der Waals surface area contributed by atoms with Gasteiger partial charge in [0.05, 0.1) is 0 Å². The number of phenols is 1. The maximum Gasteiger partial charge on any atom is 0.435 e. The minimum atomic E-state index is -5.17. The molecule has 0 aliphatic rings. The molecule has 108 valence electrons. The van der Waals surface area contributed by atoms with Crippen LogP contribution in [0.5, 0.6) is 5.75 Å². The van der Waals surface area contributed by atoms with Crippen molar-refractivity contribution in [2.75, 3.05) is 0 Å². The van der Waals surface area contributed by atoms with Gasteiger partial charge < -0.3 is 15.9 Å². The van der Waals surface area contributed by atoms with Crippen molar-refractivity contribution in [1.29, 1.82) is 0 Å². The third-order valence-electron chi connectivity index (χ3n) is 1.78. The SMILES string of the molecule is NC(Cc1ccc(O)c(F)c1)C(=O)O.O=S(=O)(O)F. The zero-order chi connectivity index (χ0) is 15.2. The quantitative estimate of drug-likeness (QED) is 0.463. The predicted octanol–water partition coefficient (Wildman–Crippen LogP) is 0.244. The monoisotopic (exact) mass is 299 g/mol. The van der Waals surface area contributed by atoms with Crippen molar-refractivity contribution in [2.45, 2.75) is 12.5 Å². The van der Waals surface area contributed by atoms with Crippen LogP contribution in [0.15, 0.2) is 18.2 Å². The van der Waals surface area contributed by atoms with Crippen LogP contribution in [0.3, 0.4) is 0 Å². The van der Waals surface area contributed by atoms with Crippen LogP contribution in [0.4, 0.5) is 8.28 Å². The van der Waals surface area contributed by atoms with Gasteiger partial charge in [0.1, 0.15) is 6.04 Å². The molecule has 1 unspecified atom stereocenters. The first-order valence-corrected chi connectivity index (χ1v) is 5.97. The predicted molar refractivity (Wildman–Crippen MR) is 60.0 cm³/mol. The molecular formula is C9H11F2NO6S. The second-order valence-electron chi connectivity index (χ2n) is 3.35. The lowest BCUT2D eigenvalue weighted by molar-refractivity contribution is -0.138. The van der Waals surface area contributed by atoms with Crippen molar-refractivity contribution >= 4 is 16.5 Å². The highest BCUT2D eigenvalue weighted by atomic mass is 32.3. The van der Waals surface area contributed by atoms with Gasteiger partial charge in [-0.2, -0.15) is 8.42 Å². The number of carboxylic acids is 1. The van der Waals surface area contributed by atoms with E-state index in [4.69, 9.17) is 28.9 Å². The van der Waals surface area contributed by atoms with Crippen molar-refractivity contribution in [1.82, 2.24) is 0 Å². The van der Waals surface area contributed by atoms with Crippen LogP contribution in [0, 0.1) is 5.82 Å². The molecule has 1 atom stereocenters. The molecule has 0 radical (unpaired) electrons. The molecule has 0 saturated carbocycles. The van der Waals surface area contributed by atoms with E-state index in [-0.39, 0.29) is 6.42 Å². The Kier molecular flexibility index (Phi) is 6.32. The van der Waals surface area contributed by atoms with Gasteiger partial charge in [0.15, 0.2) is 11.6 Å². The summed E-state index contributed by atoms with van der Waals surface area (Å²) in [5, 5.41) is 17.4. The van der Waals surface area contributed by atoms with Gasteiger partial charge in [-0.15, -0.1) is 0 Å². The fourth-order valence-corrected chi connectivity index (χ4v) is 1.02. The Bertz CT molecular complexity index is 540. The van der Waals surface area contributed by atoms with E-state index in [0.717, 1.165) is 6.07 Å². The van der Waals surface area contributed by atoms with Gasteiger partial charge >= 0.3 is 16.5 Å². The van der Waals surface area contributed by atoms with Gasteiger partial charge in [-0.3, -0.25) is 9.35 Å². The lowest BCUT2D eigenvalue weighted by Gasteiger charge is -2.06. The Labute approximate surface area is 107 Å². The van der Waals surface area contributed by atoms with Crippen LogP contribution in [0.25, 0.3) is 0 Å². The van der Waals surface area contributed by atoms with Gasteiger partial charge in [-0.05, 0) is 24.1 Å². The molecule has 0 spiro atoms. The topological polar surface area (TPSA) is 138 Å². The van der Waals surface area contributed by atoms with E-state index in [2.05, 4.69) is 0 Å². The number of benzene rings is 1. The number of hydrogen-bond donors (Lipinski definition) is 4. The van der Waals surface area contributed by atoms with Gasteiger partial charge in [0, 0.05) is 0 Å². The number of nitrogens with two attached hydrogens (primary N) is 1. The van der Waals surface area contributed by atoms with Crippen LogP contribution in [-0.2, 0) is 21.7 Å². The average Bonchev–Trinajstić information content (AvgIpc) is 2.21. The number of rotatable bonds is 3. The van der Waals surface area contributed by atoms with Crippen LogP contribution >= 0.6 is 0 Å². The molecule has 5 N–H and O–H groups in total.